The molecular formula is C19H32IN5O2. The number of hydrogen-bond acceptors (Lipinski definition) is 4. The van der Waals surface area contributed by atoms with Gasteiger partial charge in [-0.2, -0.15) is 0 Å². The topological polar surface area (TPSA) is 92.0 Å². The van der Waals surface area contributed by atoms with Crippen molar-refractivity contribution in [2.75, 3.05) is 32.8 Å². The van der Waals surface area contributed by atoms with E-state index in [1.54, 1.807) is 6.07 Å². The number of likely N-dealkylation sites (tertiary alicyclic amines) is 1. The van der Waals surface area contributed by atoms with Gasteiger partial charge in [0.15, 0.2) is 12.6 Å². The molecule has 1 fully saturated rings. The molecule has 1 aromatic carbocycles. The molecule has 0 aliphatic carbocycles. The van der Waals surface area contributed by atoms with Crippen molar-refractivity contribution in [3.63, 3.8) is 0 Å². The largest absolute Gasteiger partial charge is 0.484 e. The molecule has 4 N–H and O–H groups in total. The smallest absolute Gasteiger partial charge is 0.255 e. The van der Waals surface area contributed by atoms with Gasteiger partial charge in [-0.25, -0.2) is 4.99 Å². The number of benzene rings is 1. The van der Waals surface area contributed by atoms with E-state index < -0.39 is 5.91 Å². The number of aliphatic imine (C=N–C) groups is 1. The van der Waals surface area contributed by atoms with Crippen LogP contribution in [-0.2, 0) is 11.3 Å². The maximum atomic E-state index is 10.8. The van der Waals surface area contributed by atoms with E-state index in [1.165, 1.54) is 19.4 Å². The quantitative estimate of drug-likeness (QED) is 0.279. The Balaban J connectivity index is 0.00000364. The van der Waals surface area contributed by atoms with E-state index in [1.807, 2.05) is 18.2 Å². The van der Waals surface area contributed by atoms with Crippen molar-refractivity contribution in [1.29, 1.82) is 0 Å². The number of nitrogens with two attached hydrogens (primary N) is 1. The van der Waals surface area contributed by atoms with E-state index in [2.05, 4.69) is 34.4 Å². The predicted octanol–water partition coefficient (Wildman–Crippen LogP) is 1.71. The average Bonchev–Trinajstić information content (AvgIpc) is 3.10. The van der Waals surface area contributed by atoms with Gasteiger partial charge in [0.25, 0.3) is 5.91 Å². The monoisotopic (exact) mass is 489 g/mol. The Labute approximate surface area is 179 Å². The van der Waals surface area contributed by atoms with Crippen LogP contribution in [0.25, 0.3) is 0 Å². The second-order valence-electron chi connectivity index (χ2n) is 6.40. The summed E-state index contributed by atoms with van der Waals surface area (Å²) >= 11 is 0. The molecular weight excluding hydrogens is 457 g/mol. The summed E-state index contributed by atoms with van der Waals surface area (Å²) in [5, 5.41) is 6.75. The number of carbonyl (C=O) groups excluding carboxylic acids is 1. The minimum absolute atomic E-state index is 0. The highest BCUT2D eigenvalue weighted by Gasteiger charge is 2.22. The van der Waals surface area contributed by atoms with Crippen LogP contribution in [0.2, 0.25) is 0 Å². The van der Waals surface area contributed by atoms with Crippen molar-refractivity contribution in [1.82, 2.24) is 15.5 Å². The fraction of sp³-hybridized carbons (Fsp3) is 0.579. The van der Waals surface area contributed by atoms with E-state index in [-0.39, 0.29) is 30.6 Å². The third-order valence-corrected chi connectivity index (χ3v) is 4.45. The number of likely N-dealkylation sites (N-methyl/N-ethyl adjacent to an activating group) is 1. The standard InChI is InChI=1S/C19H31N5O2.HI/c1-3-21-19(23-13-16-8-6-10-24(16)4-2)22-12-15-7-5-9-17(11-15)26-14-18(20)25;/h5,7,9,11,16H,3-4,6,8,10,12-14H2,1-2H3,(H2,20,25)(H2,21,22,23);1H. The van der Waals surface area contributed by atoms with Crippen molar-refractivity contribution in [2.45, 2.75) is 39.3 Å². The zero-order chi connectivity index (χ0) is 18.8. The third-order valence-electron chi connectivity index (χ3n) is 4.45. The molecule has 0 radical (unpaired) electrons. The van der Waals surface area contributed by atoms with Crippen molar-refractivity contribution in [3.8, 4) is 5.75 Å². The summed E-state index contributed by atoms with van der Waals surface area (Å²) in [6.07, 6.45) is 2.51. The normalized spacial score (nSPS) is 17.3. The second kappa shape index (κ2) is 12.8. The molecule has 0 spiro atoms. The molecule has 1 aliphatic heterocycles. The molecule has 1 atom stereocenters. The van der Waals surface area contributed by atoms with Gasteiger partial charge in [0.05, 0.1) is 6.54 Å². The number of guanidine groups is 1. The van der Waals surface area contributed by atoms with E-state index >= 15 is 0 Å². The van der Waals surface area contributed by atoms with E-state index in [0.717, 1.165) is 31.2 Å². The molecule has 1 heterocycles. The highest BCUT2D eigenvalue weighted by atomic mass is 127. The number of rotatable bonds is 9. The Morgan fingerprint density at radius 2 is 2.19 bits per heavy atom. The first-order chi connectivity index (χ1) is 12.6. The summed E-state index contributed by atoms with van der Waals surface area (Å²) in [4.78, 5) is 18.0. The molecule has 2 rings (SSSR count). The molecule has 7 nitrogen and oxygen atoms in total. The van der Waals surface area contributed by atoms with Gasteiger partial charge in [-0.15, -0.1) is 24.0 Å². The number of ether oxygens (including phenoxy) is 1. The van der Waals surface area contributed by atoms with Crippen LogP contribution in [0, 0.1) is 0 Å². The van der Waals surface area contributed by atoms with Crippen LogP contribution in [0.1, 0.15) is 32.3 Å². The van der Waals surface area contributed by atoms with Crippen LogP contribution in [0.5, 0.6) is 5.75 Å². The minimum atomic E-state index is -0.486. The van der Waals surface area contributed by atoms with Crippen molar-refractivity contribution in [2.24, 2.45) is 10.7 Å². The lowest BCUT2D eigenvalue weighted by Crippen LogP contribution is -2.44. The number of halogens is 1. The SMILES string of the molecule is CCNC(=NCc1cccc(OCC(N)=O)c1)NCC1CCCN1CC.I. The summed E-state index contributed by atoms with van der Waals surface area (Å²) in [6.45, 7) is 8.69. The van der Waals surface area contributed by atoms with Crippen LogP contribution in [0.15, 0.2) is 29.3 Å². The van der Waals surface area contributed by atoms with Crippen LogP contribution >= 0.6 is 24.0 Å². The lowest BCUT2D eigenvalue weighted by Gasteiger charge is -2.24. The molecule has 1 amide bonds. The van der Waals surface area contributed by atoms with E-state index in [0.29, 0.717) is 18.3 Å². The number of nitrogens with one attached hydrogen (secondary N) is 2. The fourth-order valence-electron chi connectivity index (χ4n) is 3.16. The summed E-state index contributed by atoms with van der Waals surface area (Å²) < 4.78 is 5.34. The van der Waals surface area contributed by atoms with Crippen LogP contribution in [0.4, 0.5) is 0 Å². The maximum absolute atomic E-state index is 10.8. The van der Waals surface area contributed by atoms with Gasteiger partial charge < -0.3 is 21.1 Å². The summed E-state index contributed by atoms with van der Waals surface area (Å²) in [5.74, 6) is 0.956. The first kappa shape index (κ1) is 23.5. The van der Waals surface area contributed by atoms with Crippen molar-refractivity contribution in [3.05, 3.63) is 29.8 Å². The second-order valence-corrected chi connectivity index (χ2v) is 6.40. The van der Waals surface area contributed by atoms with Gasteiger partial charge in [-0.05, 0) is 50.6 Å². The first-order valence-corrected chi connectivity index (χ1v) is 9.38. The number of primary amides is 1. The van der Waals surface area contributed by atoms with Gasteiger partial charge >= 0.3 is 0 Å². The summed E-state index contributed by atoms with van der Waals surface area (Å²) in [6, 6.07) is 8.14. The summed E-state index contributed by atoms with van der Waals surface area (Å²) in [7, 11) is 0. The van der Waals surface area contributed by atoms with Gasteiger partial charge in [0.2, 0.25) is 0 Å². The zero-order valence-corrected chi connectivity index (χ0v) is 18.6. The fourth-order valence-corrected chi connectivity index (χ4v) is 3.16. The Kier molecular flexibility index (Phi) is 11.1. The van der Waals surface area contributed by atoms with Gasteiger partial charge in [0.1, 0.15) is 5.75 Å². The van der Waals surface area contributed by atoms with Gasteiger partial charge in [-0.1, -0.05) is 19.1 Å². The average molecular weight is 489 g/mol. The zero-order valence-electron chi connectivity index (χ0n) is 16.2. The van der Waals surface area contributed by atoms with E-state index in [4.69, 9.17) is 10.5 Å². The molecule has 27 heavy (non-hydrogen) atoms. The third kappa shape index (κ3) is 8.34. The predicted molar refractivity (Wildman–Crippen MR) is 120 cm³/mol. The molecule has 1 aromatic rings. The highest BCUT2D eigenvalue weighted by Crippen LogP contribution is 2.16. The first-order valence-electron chi connectivity index (χ1n) is 9.38. The minimum Gasteiger partial charge on any atom is -0.484 e. The Morgan fingerprint density at radius 1 is 1.37 bits per heavy atom. The Morgan fingerprint density at radius 3 is 2.89 bits per heavy atom. The molecule has 0 saturated carbocycles. The Hall–Kier alpha value is -1.55. The molecule has 0 aromatic heterocycles. The number of hydrogen-bond donors (Lipinski definition) is 3. The van der Waals surface area contributed by atoms with Crippen LogP contribution in [-0.4, -0.2) is 55.6 Å². The molecule has 1 unspecified atom stereocenters. The number of amides is 1. The molecule has 0 bridgehead atoms. The lowest BCUT2D eigenvalue weighted by atomic mass is 10.2. The maximum Gasteiger partial charge on any atom is 0.255 e. The van der Waals surface area contributed by atoms with Crippen molar-refractivity contribution >= 4 is 35.8 Å². The number of carbonyl (C=O) groups is 1. The molecule has 1 saturated heterocycles. The van der Waals surface area contributed by atoms with Crippen LogP contribution < -0.4 is 21.1 Å². The van der Waals surface area contributed by atoms with Crippen molar-refractivity contribution < 1.29 is 9.53 Å². The molecule has 152 valence electrons. The van der Waals surface area contributed by atoms with Gasteiger partial charge in [-0.3, -0.25) is 9.69 Å². The Bertz CT molecular complexity index is 612. The highest BCUT2D eigenvalue weighted by molar-refractivity contribution is 14.0. The van der Waals surface area contributed by atoms with Gasteiger partial charge in [0, 0.05) is 19.1 Å². The lowest BCUT2D eigenvalue weighted by molar-refractivity contribution is -0.119. The number of nitrogens with zero attached hydrogens (tertiary/aromatic N) is 2. The molecule has 8 heteroatoms. The van der Waals surface area contributed by atoms with Crippen LogP contribution in [0.3, 0.4) is 0 Å². The van der Waals surface area contributed by atoms with E-state index in [9.17, 15) is 4.79 Å². The summed E-state index contributed by atoms with van der Waals surface area (Å²) in [5.41, 5.74) is 6.12. The molecule has 1 aliphatic rings.